The van der Waals surface area contributed by atoms with Crippen molar-refractivity contribution in [3.05, 3.63) is 24.3 Å². The molecule has 0 unspecified atom stereocenters. The van der Waals surface area contributed by atoms with E-state index in [-0.39, 0.29) is 5.75 Å². The Balaban J connectivity index is 2.62. The first-order chi connectivity index (χ1) is 8.43. The van der Waals surface area contributed by atoms with Crippen molar-refractivity contribution in [1.82, 2.24) is 4.90 Å². The number of rotatable bonds is 7. The van der Waals surface area contributed by atoms with Crippen molar-refractivity contribution in [2.75, 3.05) is 37.7 Å². The fourth-order valence-corrected chi connectivity index (χ4v) is 1.88. The minimum Gasteiger partial charge on any atom is -0.492 e. The van der Waals surface area contributed by atoms with Gasteiger partial charge in [0.1, 0.15) is 12.4 Å². The zero-order valence-electron chi connectivity index (χ0n) is 11.0. The average molecular weight is 272 g/mol. The molecular weight excluding hydrogens is 252 g/mol. The maximum atomic E-state index is 11.4. The van der Waals surface area contributed by atoms with Gasteiger partial charge in [0.25, 0.3) is 0 Å². The van der Waals surface area contributed by atoms with Gasteiger partial charge in [-0.15, -0.1) is 0 Å². The van der Waals surface area contributed by atoms with Gasteiger partial charge in [-0.2, -0.15) is 0 Å². The Bertz CT molecular complexity index is 472. The van der Waals surface area contributed by atoms with Crippen LogP contribution < -0.4 is 9.46 Å². The first-order valence-corrected chi connectivity index (χ1v) is 7.46. The van der Waals surface area contributed by atoms with Gasteiger partial charge < -0.3 is 9.64 Å². The molecule has 0 bridgehead atoms. The topological polar surface area (TPSA) is 58.6 Å². The summed E-state index contributed by atoms with van der Waals surface area (Å²) in [6.45, 7) is 2.97. The highest BCUT2D eigenvalue weighted by Gasteiger charge is 2.07. The largest absolute Gasteiger partial charge is 0.492 e. The minimum atomic E-state index is -3.24. The van der Waals surface area contributed by atoms with E-state index in [1.165, 1.54) is 0 Å². The standard InChI is InChI=1S/C12H20N2O3S/c1-4-18(15,16)13-11-6-5-7-12(10-11)17-9-8-14(2)3/h5-7,10,13H,4,8-9H2,1-3H3. The zero-order valence-corrected chi connectivity index (χ0v) is 11.8. The number of nitrogens with one attached hydrogen (secondary N) is 1. The van der Waals surface area contributed by atoms with Gasteiger partial charge in [0, 0.05) is 12.6 Å². The van der Waals surface area contributed by atoms with Crippen molar-refractivity contribution < 1.29 is 13.2 Å². The Morgan fingerprint density at radius 1 is 1.33 bits per heavy atom. The van der Waals surface area contributed by atoms with E-state index in [1.54, 1.807) is 31.2 Å². The number of hydrogen-bond acceptors (Lipinski definition) is 4. The summed E-state index contributed by atoms with van der Waals surface area (Å²) in [6.07, 6.45) is 0. The van der Waals surface area contributed by atoms with Crippen molar-refractivity contribution in [2.45, 2.75) is 6.92 Å². The second-order valence-electron chi connectivity index (χ2n) is 4.19. The smallest absolute Gasteiger partial charge is 0.232 e. The van der Waals surface area contributed by atoms with Crippen LogP contribution in [-0.2, 0) is 10.0 Å². The van der Waals surface area contributed by atoms with Crippen molar-refractivity contribution >= 4 is 15.7 Å². The van der Waals surface area contributed by atoms with Gasteiger partial charge in [-0.1, -0.05) is 6.07 Å². The molecule has 18 heavy (non-hydrogen) atoms. The summed E-state index contributed by atoms with van der Waals surface area (Å²) in [7, 11) is 0.698. The van der Waals surface area contributed by atoms with Crippen LogP contribution in [0.4, 0.5) is 5.69 Å². The van der Waals surface area contributed by atoms with E-state index in [9.17, 15) is 8.42 Å². The van der Waals surface area contributed by atoms with Crippen LogP contribution in [-0.4, -0.2) is 46.3 Å². The molecule has 0 spiro atoms. The molecule has 1 N–H and O–H groups in total. The summed E-state index contributed by atoms with van der Waals surface area (Å²) in [5.74, 6) is 0.715. The average Bonchev–Trinajstić information content (AvgIpc) is 2.28. The number of likely N-dealkylation sites (N-methyl/N-ethyl adjacent to an activating group) is 1. The van der Waals surface area contributed by atoms with Gasteiger partial charge in [-0.3, -0.25) is 4.72 Å². The van der Waals surface area contributed by atoms with Crippen LogP contribution in [0.1, 0.15) is 6.92 Å². The molecule has 5 nitrogen and oxygen atoms in total. The molecular formula is C12H20N2O3S. The third kappa shape index (κ3) is 5.37. The van der Waals surface area contributed by atoms with Gasteiger partial charge in [0.15, 0.2) is 0 Å². The lowest BCUT2D eigenvalue weighted by Crippen LogP contribution is -2.19. The van der Waals surface area contributed by atoms with E-state index >= 15 is 0 Å². The van der Waals surface area contributed by atoms with E-state index in [1.807, 2.05) is 19.0 Å². The Kier molecular flexibility index (Phi) is 5.43. The first-order valence-electron chi connectivity index (χ1n) is 5.81. The number of benzene rings is 1. The summed E-state index contributed by atoms with van der Waals surface area (Å²) >= 11 is 0. The first kappa shape index (κ1) is 14.8. The SMILES string of the molecule is CCS(=O)(=O)Nc1cccc(OCCN(C)C)c1. The molecule has 1 rings (SSSR count). The van der Waals surface area contributed by atoms with Gasteiger partial charge in [0.05, 0.1) is 11.4 Å². The van der Waals surface area contributed by atoms with Crippen LogP contribution in [0.15, 0.2) is 24.3 Å². The predicted molar refractivity (Wildman–Crippen MR) is 73.6 cm³/mol. The number of nitrogens with zero attached hydrogens (tertiary/aromatic N) is 1. The molecule has 0 aromatic heterocycles. The molecule has 0 saturated carbocycles. The van der Waals surface area contributed by atoms with Crippen molar-refractivity contribution in [3.63, 3.8) is 0 Å². The lowest BCUT2D eigenvalue weighted by molar-refractivity contribution is 0.261. The fraction of sp³-hybridized carbons (Fsp3) is 0.500. The van der Waals surface area contributed by atoms with Crippen molar-refractivity contribution in [1.29, 1.82) is 0 Å². The molecule has 0 amide bonds. The number of anilines is 1. The Labute approximate surface area is 109 Å². The molecule has 0 saturated heterocycles. The molecule has 1 aromatic rings. The lowest BCUT2D eigenvalue weighted by atomic mass is 10.3. The van der Waals surface area contributed by atoms with Crippen LogP contribution >= 0.6 is 0 Å². The monoisotopic (exact) mass is 272 g/mol. The van der Waals surface area contributed by atoms with E-state index in [4.69, 9.17) is 4.74 Å². The van der Waals surface area contributed by atoms with Crippen molar-refractivity contribution in [2.24, 2.45) is 0 Å². The normalized spacial score (nSPS) is 11.6. The molecule has 1 aromatic carbocycles. The van der Waals surface area contributed by atoms with Gasteiger partial charge in [-0.05, 0) is 33.2 Å². The lowest BCUT2D eigenvalue weighted by Gasteiger charge is -2.12. The number of hydrogen-bond donors (Lipinski definition) is 1. The van der Waals surface area contributed by atoms with Gasteiger partial charge in [0.2, 0.25) is 10.0 Å². The molecule has 0 heterocycles. The van der Waals surface area contributed by atoms with Gasteiger partial charge in [-0.25, -0.2) is 8.42 Å². The second-order valence-corrected chi connectivity index (χ2v) is 6.20. The van der Waals surface area contributed by atoms with Crippen LogP contribution in [0.5, 0.6) is 5.75 Å². The van der Waals surface area contributed by atoms with E-state index < -0.39 is 10.0 Å². The summed E-state index contributed by atoms with van der Waals surface area (Å²) < 4.78 is 30.9. The predicted octanol–water partition coefficient (Wildman–Crippen LogP) is 1.39. The summed E-state index contributed by atoms with van der Waals surface area (Å²) in [4.78, 5) is 2.02. The third-order valence-electron chi connectivity index (χ3n) is 2.29. The molecule has 0 radical (unpaired) electrons. The molecule has 102 valence electrons. The Morgan fingerprint density at radius 3 is 2.67 bits per heavy atom. The van der Waals surface area contributed by atoms with E-state index in [0.29, 0.717) is 18.0 Å². The summed E-state index contributed by atoms with van der Waals surface area (Å²) in [5.41, 5.74) is 0.527. The highest BCUT2D eigenvalue weighted by atomic mass is 32.2. The van der Waals surface area contributed by atoms with Crippen LogP contribution in [0.3, 0.4) is 0 Å². The van der Waals surface area contributed by atoms with Crippen LogP contribution in [0, 0.1) is 0 Å². The van der Waals surface area contributed by atoms with E-state index in [0.717, 1.165) is 6.54 Å². The molecule has 0 aliphatic carbocycles. The summed E-state index contributed by atoms with van der Waals surface area (Å²) in [6, 6.07) is 6.95. The van der Waals surface area contributed by atoms with E-state index in [2.05, 4.69) is 4.72 Å². The summed E-state index contributed by atoms with van der Waals surface area (Å²) in [5, 5.41) is 0. The van der Waals surface area contributed by atoms with Crippen molar-refractivity contribution in [3.8, 4) is 5.75 Å². The highest BCUT2D eigenvalue weighted by Crippen LogP contribution is 2.18. The molecule has 0 aliphatic heterocycles. The minimum absolute atomic E-state index is 0.0543. The number of sulfonamides is 1. The zero-order chi connectivity index (χ0) is 13.6. The maximum absolute atomic E-state index is 11.4. The molecule has 0 fully saturated rings. The Morgan fingerprint density at radius 2 is 2.06 bits per heavy atom. The fourth-order valence-electron chi connectivity index (χ4n) is 1.25. The number of ether oxygens (including phenoxy) is 1. The second kappa shape index (κ2) is 6.61. The molecule has 0 atom stereocenters. The molecule has 6 heteroatoms. The van der Waals surface area contributed by atoms with Crippen LogP contribution in [0.25, 0.3) is 0 Å². The Hall–Kier alpha value is -1.27. The quantitative estimate of drug-likeness (QED) is 0.815. The molecule has 0 aliphatic rings. The maximum Gasteiger partial charge on any atom is 0.232 e. The highest BCUT2D eigenvalue weighted by molar-refractivity contribution is 7.92. The van der Waals surface area contributed by atoms with Gasteiger partial charge >= 0.3 is 0 Å². The third-order valence-corrected chi connectivity index (χ3v) is 3.60. The van der Waals surface area contributed by atoms with Crippen LogP contribution in [0.2, 0.25) is 0 Å².